The molecule has 1 heterocycles. The van der Waals surface area contributed by atoms with Gasteiger partial charge >= 0.3 is 0 Å². The quantitative estimate of drug-likeness (QED) is 0.724. The van der Waals surface area contributed by atoms with Gasteiger partial charge in [0.2, 0.25) is 5.88 Å². The third-order valence-corrected chi connectivity index (χ3v) is 3.04. The normalized spacial score (nSPS) is 17.5. The summed E-state index contributed by atoms with van der Waals surface area (Å²) >= 11 is 6.24. The molecule has 1 aliphatic carbocycles. The summed E-state index contributed by atoms with van der Waals surface area (Å²) in [5.41, 5.74) is 0.973. The molecule has 15 heavy (non-hydrogen) atoms. The molecule has 0 aliphatic heterocycles. The van der Waals surface area contributed by atoms with E-state index < -0.39 is 0 Å². The summed E-state index contributed by atoms with van der Waals surface area (Å²) in [6.07, 6.45) is 4.88. The predicted molar refractivity (Wildman–Crippen MR) is 59.3 cm³/mol. The lowest BCUT2D eigenvalue weighted by Gasteiger charge is -2.07. The van der Waals surface area contributed by atoms with Gasteiger partial charge in [0, 0.05) is 23.6 Å². The topological polar surface area (TPSA) is 35.0 Å². The minimum Gasteiger partial charge on any atom is -0.478 e. The smallest absolute Gasteiger partial charge is 0.216 e. The van der Waals surface area contributed by atoms with Crippen LogP contribution in [0.25, 0.3) is 0 Å². The SMILES string of the molecule is CCOc1cc(CC(Cl)C2CC2)ncn1. The van der Waals surface area contributed by atoms with Crippen LogP contribution in [0.15, 0.2) is 12.4 Å². The molecule has 1 unspecified atom stereocenters. The fourth-order valence-electron chi connectivity index (χ4n) is 1.54. The largest absolute Gasteiger partial charge is 0.478 e. The maximum Gasteiger partial charge on any atom is 0.216 e. The number of halogens is 1. The average Bonchev–Trinajstić information content (AvgIpc) is 3.01. The standard InChI is InChI=1S/C11H15ClN2O/c1-2-15-11-6-9(13-7-14-11)5-10(12)8-3-4-8/h6-8,10H,2-5H2,1H3. The fourth-order valence-corrected chi connectivity index (χ4v) is 1.95. The first-order valence-electron chi connectivity index (χ1n) is 5.37. The van der Waals surface area contributed by atoms with Gasteiger partial charge in [0.25, 0.3) is 0 Å². The molecular formula is C11H15ClN2O. The molecule has 0 aromatic carbocycles. The van der Waals surface area contributed by atoms with Gasteiger partial charge in [0.05, 0.1) is 6.61 Å². The minimum absolute atomic E-state index is 0.217. The van der Waals surface area contributed by atoms with E-state index in [1.165, 1.54) is 19.2 Å². The Bertz CT molecular complexity index is 328. The van der Waals surface area contributed by atoms with Gasteiger partial charge in [-0.15, -0.1) is 11.6 Å². The summed E-state index contributed by atoms with van der Waals surface area (Å²) in [5.74, 6) is 1.33. The second-order valence-corrected chi connectivity index (χ2v) is 4.40. The van der Waals surface area contributed by atoms with Crippen LogP contribution in [0, 0.1) is 5.92 Å². The summed E-state index contributed by atoms with van der Waals surface area (Å²) in [7, 11) is 0. The Kier molecular flexibility index (Phi) is 3.41. The Morgan fingerprint density at radius 2 is 2.33 bits per heavy atom. The number of hydrogen-bond acceptors (Lipinski definition) is 3. The van der Waals surface area contributed by atoms with Crippen LogP contribution in [-0.4, -0.2) is 22.0 Å². The molecule has 3 nitrogen and oxygen atoms in total. The Balaban J connectivity index is 1.97. The zero-order valence-corrected chi connectivity index (χ0v) is 9.57. The molecule has 0 bridgehead atoms. The Morgan fingerprint density at radius 1 is 1.53 bits per heavy atom. The predicted octanol–water partition coefficient (Wildman–Crippen LogP) is 2.44. The Labute approximate surface area is 94.8 Å². The minimum atomic E-state index is 0.217. The van der Waals surface area contributed by atoms with Gasteiger partial charge < -0.3 is 4.74 Å². The van der Waals surface area contributed by atoms with Crippen molar-refractivity contribution in [2.45, 2.75) is 31.6 Å². The molecule has 1 atom stereocenters. The third kappa shape index (κ3) is 3.06. The molecule has 0 radical (unpaired) electrons. The van der Waals surface area contributed by atoms with E-state index in [1.807, 2.05) is 13.0 Å². The molecule has 1 aromatic heterocycles. The Hall–Kier alpha value is -0.830. The number of hydrogen-bond donors (Lipinski definition) is 0. The van der Waals surface area contributed by atoms with E-state index in [1.54, 1.807) is 0 Å². The summed E-state index contributed by atoms with van der Waals surface area (Å²) < 4.78 is 5.31. The van der Waals surface area contributed by atoms with E-state index in [-0.39, 0.29) is 5.38 Å². The van der Waals surface area contributed by atoms with Gasteiger partial charge in [0.1, 0.15) is 6.33 Å². The van der Waals surface area contributed by atoms with Gasteiger partial charge in [-0.05, 0) is 25.7 Å². The lowest BCUT2D eigenvalue weighted by molar-refractivity contribution is 0.325. The summed E-state index contributed by atoms with van der Waals surface area (Å²) in [4.78, 5) is 8.22. The molecule has 1 aliphatic rings. The van der Waals surface area contributed by atoms with Crippen molar-refractivity contribution in [1.82, 2.24) is 9.97 Å². The molecule has 0 saturated heterocycles. The second kappa shape index (κ2) is 4.79. The number of nitrogens with zero attached hydrogens (tertiary/aromatic N) is 2. The van der Waals surface area contributed by atoms with Crippen LogP contribution in [0.4, 0.5) is 0 Å². The van der Waals surface area contributed by atoms with Crippen LogP contribution >= 0.6 is 11.6 Å². The number of rotatable bonds is 5. The van der Waals surface area contributed by atoms with E-state index in [2.05, 4.69) is 9.97 Å². The molecule has 1 fully saturated rings. The van der Waals surface area contributed by atoms with Crippen molar-refractivity contribution in [3.8, 4) is 5.88 Å². The van der Waals surface area contributed by atoms with Crippen LogP contribution < -0.4 is 4.74 Å². The van der Waals surface area contributed by atoms with Crippen molar-refractivity contribution in [2.75, 3.05) is 6.61 Å². The third-order valence-electron chi connectivity index (χ3n) is 2.53. The van der Waals surface area contributed by atoms with Crippen molar-refractivity contribution >= 4 is 11.6 Å². The molecule has 1 aromatic rings. The summed E-state index contributed by atoms with van der Waals surface area (Å²) in [6, 6.07) is 1.88. The van der Waals surface area contributed by atoms with Gasteiger partial charge in [-0.1, -0.05) is 0 Å². The summed E-state index contributed by atoms with van der Waals surface area (Å²) in [6.45, 7) is 2.57. The number of ether oxygens (including phenoxy) is 1. The zero-order valence-electron chi connectivity index (χ0n) is 8.82. The van der Waals surface area contributed by atoms with Gasteiger partial charge in [-0.2, -0.15) is 0 Å². The molecule has 0 amide bonds. The highest BCUT2D eigenvalue weighted by Crippen LogP contribution is 2.37. The fraction of sp³-hybridized carbons (Fsp3) is 0.636. The lowest BCUT2D eigenvalue weighted by Crippen LogP contribution is -2.07. The number of aromatic nitrogens is 2. The second-order valence-electron chi connectivity index (χ2n) is 3.84. The van der Waals surface area contributed by atoms with Crippen molar-refractivity contribution in [2.24, 2.45) is 5.92 Å². The van der Waals surface area contributed by atoms with E-state index in [9.17, 15) is 0 Å². The van der Waals surface area contributed by atoms with Crippen LogP contribution in [0.3, 0.4) is 0 Å². The maximum absolute atomic E-state index is 6.24. The van der Waals surface area contributed by atoms with E-state index in [0.29, 0.717) is 18.4 Å². The van der Waals surface area contributed by atoms with Crippen LogP contribution in [-0.2, 0) is 6.42 Å². The van der Waals surface area contributed by atoms with Crippen molar-refractivity contribution in [3.63, 3.8) is 0 Å². The monoisotopic (exact) mass is 226 g/mol. The van der Waals surface area contributed by atoms with Crippen molar-refractivity contribution < 1.29 is 4.74 Å². The molecular weight excluding hydrogens is 212 g/mol. The maximum atomic E-state index is 6.24. The summed E-state index contributed by atoms with van der Waals surface area (Å²) in [5, 5.41) is 0.217. The molecule has 4 heteroatoms. The van der Waals surface area contributed by atoms with Crippen molar-refractivity contribution in [3.05, 3.63) is 18.1 Å². The molecule has 1 saturated carbocycles. The molecule has 82 valence electrons. The first-order chi connectivity index (χ1) is 7.29. The van der Waals surface area contributed by atoms with Gasteiger partial charge in [-0.25, -0.2) is 9.97 Å². The zero-order chi connectivity index (χ0) is 10.7. The Morgan fingerprint density at radius 3 is 3.00 bits per heavy atom. The van der Waals surface area contributed by atoms with Crippen LogP contribution in [0.2, 0.25) is 0 Å². The van der Waals surface area contributed by atoms with Crippen LogP contribution in [0.5, 0.6) is 5.88 Å². The first kappa shape index (κ1) is 10.7. The van der Waals surface area contributed by atoms with E-state index in [4.69, 9.17) is 16.3 Å². The highest BCUT2D eigenvalue weighted by atomic mass is 35.5. The molecule has 2 rings (SSSR count). The van der Waals surface area contributed by atoms with E-state index >= 15 is 0 Å². The van der Waals surface area contributed by atoms with E-state index in [0.717, 1.165) is 12.1 Å². The number of alkyl halides is 1. The molecule has 0 spiro atoms. The first-order valence-corrected chi connectivity index (χ1v) is 5.81. The highest BCUT2D eigenvalue weighted by Gasteiger charge is 2.29. The highest BCUT2D eigenvalue weighted by molar-refractivity contribution is 6.21. The lowest BCUT2D eigenvalue weighted by atomic mass is 10.1. The van der Waals surface area contributed by atoms with Crippen molar-refractivity contribution in [1.29, 1.82) is 0 Å². The molecule has 0 N–H and O–H groups in total. The average molecular weight is 227 g/mol. The van der Waals surface area contributed by atoms with Gasteiger partial charge in [0.15, 0.2) is 0 Å². The van der Waals surface area contributed by atoms with Crippen LogP contribution in [0.1, 0.15) is 25.5 Å². The van der Waals surface area contributed by atoms with Gasteiger partial charge in [-0.3, -0.25) is 0 Å².